The number of anilines is 1. The second-order valence-electron chi connectivity index (χ2n) is 9.30. The number of nitrogens with one attached hydrogen (secondary N) is 1. The highest BCUT2D eigenvalue weighted by Gasteiger charge is 2.56. The lowest BCUT2D eigenvalue weighted by Crippen LogP contribution is -2.28. The molecule has 1 aliphatic carbocycles. The normalized spacial score (nSPS) is 28.7. The molecular formula is C23H26N6O4. The van der Waals surface area contributed by atoms with Gasteiger partial charge >= 0.3 is 0 Å². The van der Waals surface area contributed by atoms with E-state index in [-0.39, 0.29) is 12.2 Å². The van der Waals surface area contributed by atoms with Crippen molar-refractivity contribution in [1.29, 1.82) is 0 Å². The molecule has 3 aromatic heterocycles. The SMILES string of the molecule is Cc1conc1C#C[C@H]1O[C@@H](n2cnc3c(NC4CCCC4)ncnc32)[C@@H]2OC(C)(C)O[C@@H]21. The molecule has 2 aliphatic heterocycles. The van der Waals surface area contributed by atoms with Gasteiger partial charge in [0.25, 0.3) is 0 Å². The first-order valence-electron chi connectivity index (χ1n) is 11.4. The molecule has 0 amide bonds. The van der Waals surface area contributed by atoms with Gasteiger partial charge in [-0.1, -0.05) is 23.9 Å². The summed E-state index contributed by atoms with van der Waals surface area (Å²) >= 11 is 0. The van der Waals surface area contributed by atoms with Crippen molar-refractivity contribution in [3.63, 3.8) is 0 Å². The molecule has 10 nitrogen and oxygen atoms in total. The lowest BCUT2D eigenvalue weighted by molar-refractivity contribution is -0.190. The number of nitrogens with zero attached hydrogens (tertiary/aromatic N) is 5. The van der Waals surface area contributed by atoms with Crippen LogP contribution in [0.25, 0.3) is 11.2 Å². The zero-order valence-electron chi connectivity index (χ0n) is 18.8. The molecule has 5 heterocycles. The predicted molar refractivity (Wildman–Crippen MR) is 117 cm³/mol. The summed E-state index contributed by atoms with van der Waals surface area (Å²) in [6.07, 6.45) is 7.90. The molecule has 3 aromatic rings. The second-order valence-corrected chi connectivity index (χ2v) is 9.30. The Labute approximate surface area is 191 Å². The first-order chi connectivity index (χ1) is 16.0. The number of imidazole rings is 1. The van der Waals surface area contributed by atoms with Crippen LogP contribution >= 0.6 is 0 Å². The van der Waals surface area contributed by atoms with Gasteiger partial charge in [-0.3, -0.25) is 4.57 Å². The van der Waals surface area contributed by atoms with Gasteiger partial charge in [0.15, 0.2) is 34.7 Å². The molecule has 4 atom stereocenters. The predicted octanol–water partition coefficient (Wildman–Crippen LogP) is 2.95. The van der Waals surface area contributed by atoms with Crippen molar-refractivity contribution in [2.45, 2.75) is 82.8 Å². The number of ether oxygens (including phenoxy) is 3. The van der Waals surface area contributed by atoms with E-state index in [2.05, 4.69) is 37.3 Å². The van der Waals surface area contributed by atoms with Crippen LogP contribution in [0.15, 0.2) is 23.4 Å². The first-order valence-corrected chi connectivity index (χ1v) is 11.4. The van der Waals surface area contributed by atoms with Gasteiger partial charge in [-0.25, -0.2) is 15.0 Å². The third-order valence-electron chi connectivity index (χ3n) is 6.44. The van der Waals surface area contributed by atoms with Gasteiger partial charge in [0.1, 0.15) is 30.9 Å². The quantitative estimate of drug-likeness (QED) is 0.602. The van der Waals surface area contributed by atoms with Crippen molar-refractivity contribution >= 4 is 17.0 Å². The number of hydrogen-bond acceptors (Lipinski definition) is 9. The smallest absolute Gasteiger partial charge is 0.167 e. The molecule has 0 radical (unpaired) electrons. The van der Waals surface area contributed by atoms with Gasteiger partial charge in [-0.05, 0) is 39.5 Å². The molecule has 0 spiro atoms. The van der Waals surface area contributed by atoms with Crippen molar-refractivity contribution in [1.82, 2.24) is 24.7 Å². The average Bonchev–Trinajstić information content (AvgIpc) is 3.58. The molecule has 33 heavy (non-hydrogen) atoms. The van der Waals surface area contributed by atoms with Crippen molar-refractivity contribution < 1.29 is 18.7 Å². The summed E-state index contributed by atoms with van der Waals surface area (Å²) < 4.78 is 25.6. The van der Waals surface area contributed by atoms with Crippen LogP contribution in [0.5, 0.6) is 0 Å². The Morgan fingerprint density at radius 3 is 2.73 bits per heavy atom. The molecule has 3 fully saturated rings. The van der Waals surface area contributed by atoms with Crippen LogP contribution in [0, 0.1) is 18.8 Å². The number of aromatic nitrogens is 5. The van der Waals surface area contributed by atoms with Crippen molar-refractivity contribution in [3.05, 3.63) is 30.2 Å². The molecule has 3 aliphatic rings. The van der Waals surface area contributed by atoms with E-state index in [1.54, 1.807) is 18.9 Å². The summed E-state index contributed by atoms with van der Waals surface area (Å²) in [6, 6.07) is 0.423. The average molecular weight is 450 g/mol. The summed E-state index contributed by atoms with van der Waals surface area (Å²) in [7, 11) is 0. The maximum absolute atomic E-state index is 6.35. The van der Waals surface area contributed by atoms with Crippen LogP contribution in [0.2, 0.25) is 0 Å². The first kappa shape index (κ1) is 20.6. The van der Waals surface area contributed by atoms with Gasteiger partial charge in [0, 0.05) is 11.6 Å². The minimum atomic E-state index is -0.748. The van der Waals surface area contributed by atoms with Crippen molar-refractivity contribution in [2.24, 2.45) is 0 Å². The Kier molecular flexibility index (Phi) is 4.87. The Morgan fingerprint density at radius 1 is 1.12 bits per heavy atom. The number of rotatable bonds is 3. The molecule has 10 heteroatoms. The Balaban J connectivity index is 1.33. The summed E-state index contributed by atoms with van der Waals surface area (Å²) in [5, 5.41) is 7.47. The minimum absolute atomic E-state index is 0.361. The van der Waals surface area contributed by atoms with E-state index in [9.17, 15) is 0 Å². The fourth-order valence-electron chi connectivity index (χ4n) is 4.87. The summed E-state index contributed by atoms with van der Waals surface area (Å²) in [4.78, 5) is 13.6. The Bertz CT molecular complexity index is 1230. The van der Waals surface area contributed by atoms with E-state index < -0.39 is 18.1 Å². The molecule has 6 rings (SSSR count). The molecule has 0 aromatic carbocycles. The number of hydrogen-bond donors (Lipinski definition) is 1. The number of fused-ring (bicyclic) bond motifs is 2. The fourth-order valence-corrected chi connectivity index (χ4v) is 4.87. The standard InChI is InChI=1S/C23H26N6O4/c1-13-10-30-28-15(13)8-9-16-18-19(33-23(2,3)32-18)22(31-16)29-12-26-17-20(24-11-25-21(17)29)27-14-6-4-5-7-14/h10-12,14,16,18-19,22H,4-7H2,1-3H3,(H,24,25,27)/t16-,18-,19-,22-/m1/s1. The summed E-state index contributed by atoms with van der Waals surface area (Å²) in [5.74, 6) is 6.21. The fraction of sp³-hybridized carbons (Fsp3) is 0.565. The third-order valence-corrected chi connectivity index (χ3v) is 6.44. The summed E-state index contributed by atoms with van der Waals surface area (Å²) in [5.41, 5.74) is 2.86. The Morgan fingerprint density at radius 2 is 1.94 bits per heavy atom. The summed E-state index contributed by atoms with van der Waals surface area (Å²) in [6.45, 7) is 5.69. The van der Waals surface area contributed by atoms with Gasteiger partial charge in [-0.2, -0.15) is 0 Å². The van der Waals surface area contributed by atoms with E-state index in [1.807, 2.05) is 25.3 Å². The highest BCUT2D eigenvalue weighted by Crippen LogP contribution is 2.43. The molecule has 2 saturated heterocycles. The van der Waals surface area contributed by atoms with E-state index in [0.29, 0.717) is 17.4 Å². The minimum Gasteiger partial charge on any atom is -0.365 e. The van der Waals surface area contributed by atoms with Gasteiger partial charge in [0.2, 0.25) is 0 Å². The molecule has 0 bridgehead atoms. The van der Waals surface area contributed by atoms with E-state index in [1.165, 1.54) is 12.8 Å². The van der Waals surface area contributed by atoms with Crippen LogP contribution in [0.4, 0.5) is 5.82 Å². The molecule has 1 saturated carbocycles. The Hall–Kier alpha value is -3.00. The lowest BCUT2D eigenvalue weighted by atomic mass is 10.1. The zero-order valence-corrected chi connectivity index (χ0v) is 18.8. The third kappa shape index (κ3) is 3.66. The van der Waals surface area contributed by atoms with Crippen LogP contribution in [0.1, 0.15) is 57.0 Å². The monoisotopic (exact) mass is 450 g/mol. The molecule has 0 unspecified atom stereocenters. The van der Waals surface area contributed by atoms with Gasteiger partial charge in [0.05, 0.1) is 6.33 Å². The molecule has 1 N–H and O–H groups in total. The lowest BCUT2D eigenvalue weighted by Gasteiger charge is -2.23. The van der Waals surface area contributed by atoms with Crippen LogP contribution in [-0.2, 0) is 14.2 Å². The number of aryl methyl sites for hydroxylation is 1. The van der Waals surface area contributed by atoms with Crippen molar-refractivity contribution in [3.8, 4) is 11.8 Å². The van der Waals surface area contributed by atoms with E-state index in [4.69, 9.17) is 18.7 Å². The topological polar surface area (TPSA) is 109 Å². The molecule has 172 valence electrons. The zero-order chi connectivity index (χ0) is 22.6. The van der Waals surface area contributed by atoms with Crippen LogP contribution < -0.4 is 5.32 Å². The maximum atomic E-state index is 6.35. The van der Waals surface area contributed by atoms with Crippen LogP contribution in [-0.4, -0.2) is 54.8 Å². The van der Waals surface area contributed by atoms with Gasteiger partial charge in [-0.15, -0.1) is 0 Å². The van der Waals surface area contributed by atoms with Crippen LogP contribution in [0.3, 0.4) is 0 Å². The van der Waals surface area contributed by atoms with E-state index in [0.717, 1.165) is 29.7 Å². The van der Waals surface area contributed by atoms with Gasteiger partial charge < -0.3 is 24.1 Å². The highest BCUT2D eigenvalue weighted by atomic mass is 16.8. The highest BCUT2D eigenvalue weighted by molar-refractivity contribution is 5.82. The second kappa shape index (κ2) is 7.80. The molecular weight excluding hydrogens is 424 g/mol. The van der Waals surface area contributed by atoms with E-state index >= 15 is 0 Å². The van der Waals surface area contributed by atoms with Crippen molar-refractivity contribution in [2.75, 3.05) is 5.32 Å². The largest absolute Gasteiger partial charge is 0.365 e. The maximum Gasteiger partial charge on any atom is 0.167 e.